The molecule has 2 rings (SSSR count). The Bertz CT molecular complexity index is 332. The lowest BCUT2D eigenvalue weighted by atomic mass is 9.98. The van der Waals surface area contributed by atoms with Gasteiger partial charge in [0.1, 0.15) is 6.10 Å². The molecular weight excluding hydrogens is 188 g/mol. The van der Waals surface area contributed by atoms with Gasteiger partial charge in [0.05, 0.1) is 5.69 Å². The average molecular weight is 206 g/mol. The summed E-state index contributed by atoms with van der Waals surface area (Å²) in [5, 5.41) is 0. The van der Waals surface area contributed by atoms with Gasteiger partial charge in [-0.2, -0.15) is 0 Å². The van der Waals surface area contributed by atoms with Crippen molar-refractivity contribution in [2.45, 2.75) is 45.1 Å². The van der Waals surface area contributed by atoms with Gasteiger partial charge in [-0.05, 0) is 44.7 Å². The van der Waals surface area contributed by atoms with E-state index in [0.29, 0.717) is 17.7 Å². The first kappa shape index (κ1) is 10.3. The summed E-state index contributed by atoms with van der Waals surface area (Å²) in [6.07, 6.45) is 6.43. The molecule has 0 radical (unpaired) electrons. The van der Waals surface area contributed by atoms with E-state index in [-0.39, 0.29) is 0 Å². The molecule has 3 nitrogen and oxygen atoms in total. The van der Waals surface area contributed by atoms with E-state index in [9.17, 15) is 0 Å². The first-order chi connectivity index (χ1) is 7.25. The number of pyridine rings is 1. The number of nitrogen functional groups attached to an aromatic ring is 1. The molecule has 3 heteroatoms. The minimum atomic E-state index is 0.315. The molecule has 15 heavy (non-hydrogen) atoms. The van der Waals surface area contributed by atoms with Gasteiger partial charge >= 0.3 is 0 Å². The van der Waals surface area contributed by atoms with Gasteiger partial charge in [0, 0.05) is 5.69 Å². The lowest BCUT2D eigenvalue weighted by Gasteiger charge is -2.23. The summed E-state index contributed by atoms with van der Waals surface area (Å²) in [4.78, 5) is 4.32. The summed E-state index contributed by atoms with van der Waals surface area (Å²) < 4.78 is 5.83. The van der Waals surface area contributed by atoms with Crippen LogP contribution >= 0.6 is 0 Å². The summed E-state index contributed by atoms with van der Waals surface area (Å²) in [5.41, 5.74) is 7.42. The third kappa shape index (κ3) is 2.61. The zero-order valence-electron chi connectivity index (χ0n) is 9.20. The molecule has 1 fully saturated rings. The number of aryl methyl sites for hydroxylation is 1. The van der Waals surface area contributed by atoms with E-state index in [1.807, 2.05) is 19.1 Å². The molecule has 1 saturated carbocycles. The second kappa shape index (κ2) is 4.51. The Balaban J connectivity index is 2.05. The Morgan fingerprint density at radius 2 is 2.00 bits per heavy atom. The van der Waals surface area contributed by atoms with E-state index in [0.717, 1.165) is 18.5 Å². The van der Waals surface area contributed by atoms with E-state index in [1.54, 1.807) is 0 Å². The van der Waals surface area contributed by atoms with Crippen LogP contribution in [0.4, 0.5) is 5.69 Å². The quantitative estimate of drug-likeness (QED) is 0.809. The molecule has 0 unspecified atom stereocenters. The van der Waals surface area contributed by atoms with E-state index < -0.39 is 0 Å². The maximum Gasteiger partial charge on any atom is 0.237 e. The van der Waals surface area contributed by atoms with E-state index in [1.165, 1.54) is 19.3 Å². The predicted molar refractivity (Wildman–Crippen MR) is 60.9 cm³/mol. The SMILES string of the molecule is Cc1ccc(N)c(OC2CCCCC2)n1. The van der Waals surface area contributed by atoms with Crippen molar-refractivity contribution in [1.82, 2.24) is 4.98 Å². The molecule has 1 aliphatic carbocycles. The number of hydrogen-bond donors (Lipinski definition) is 1. The highest BCUT2D eigenvalue weighted by molar-refractivity contribution is 5.48. The number of hydrogen-bond acceptors (Lipinski definition) is 3. The van der Waals surface area contributed by atoms with Crippen molar-refractivity contribution in [3.63, 3.8) is 0 Å². The number of anilines is 1. The Hall–Kier alpha value is -1.25. The highest BCUT2D eigenvalue weighted by atomic mass is 16.5. The lowest BCUT2D eigenvalue weighted by Crippen LogP contribution is -2.20. The second-order valence-electron chi connectivity index (χ2n) is 4.22. The molecule has 0 amide bonds. The number of nitrogens with two attached hydrogens (primary N) is 1. The van der Waals surface area contributed by atoms with Crippen molar-refractivity contribution in [2.24, 2.45) is 0 Å². The Morgan fingerprint density at radius 1 is 1.27 bits per heavy atom. The Labute approximate surface area is 90.7 Å². The lowest BCUT2D eigenvalue weighted by molar-refractivity contribution is 0.149. The van der Waals surface area contributed by atoms with Crippen LogP contribution in [0.5, 0.6) is 5.88 Å². The molecule has 1 aliphatic rings. The maximum atomic E-state index is 5.83. The minimum Gasteiger partial charge on any atom is -0.473 e. The van der Waals surface area contributed by atoms with Crippen molar-refractivity contribution in [2.75, 3.05) is 5.73 Å². The smallest absolute Gasteiger partial charge is 0.237 e. The topological polar surface area (TPSA) is 48.1 Å². The van der Waals surface area contributed by atoms with Crippen LogP contribution in [0.15, 0.2) is 12.1 Å². The van der Waals surface area contributed by atoms with Crippen molar-refractivity contribution < 1.29 is 4.74 Å². The van der Waals surface area contributed by atoms with Crippen LogP contribution in [-0.4, -0.2) is 11.1 Å². The van der Waals surface area contributed by atoms with Crippen molar-refractivity contribution in [1.29, 1.82) is 0 Å². The monoisotopic (exact) mass is 206 g/mol. The number of nitrogens with zero attached hydrogens (tertiary/aromatic N) is 1. The highest BCUT2D eigenvalue weighted by Gasteiger charge is 2.16. The molecule has 1 heterocycles. The predicted octanol–water partition coefficient (Wildman–Crippen LogP) is 2.68. The fraction of sp³-hybridized carbons (Fsp3) is 0.583. The normalized spacial score (nSPS) is 17.7. The van der Waals surface area contributed by atoms with Gasteiger partial charge in [-0.15, -0.1) is 0 Å². The first-order valence-corrected chi connectivity index (χ1v) is 5.65. The third-order valence-electron chi connectivity index (χ3n) is 2.86. The molecule has 0 spiro atoms. The van der Waals surface area contributed by atoms with Crippen LogP contribution in [0.3, 0.4) is 0 Å². The third-order valence-corrected chi connectivity index (χ3v) is 2.86. The van der Waals surface area contributed by atoms with E-state index >= 15 is 0 Å². The largest absolute Gasteiger partial charge is 0.473 e. The van der Waals surface area contributed by atoms with Gasteiger partial charge in [-0.25, -0.2) is 4.98 Å². The highest BCUT2D eigenvalue weighted by Crippen LogP contribution is 2.25. The zero-order valence-corrected chi connectivity index (χ0v) is 9.20. The average Bonchev–Trinajstić information content (AvgIpc) is 2.25. The molecule has 1 aromatic heterocycles. The van der Waals surface area contributed by atoms with Gasteiger partial charge in [0.25, 0.3) is 0 Å². The molecule has 2 N–H and O–H groups in total. The molecular formula is C12H18N2O. The summed E-state index contributed by atoms with van der Waals surface area (Å²) in [5.74, 6) is 0.613. The number of ether oxygens (including phenoxy) is 1. The van der Waals surface area contributed by atoms with Crippen LogP contribution in [0, 0.1) is 6.92 Å². The molecule has 0 atom stereocenters. The summed E-state index contributed by atoms with van der Waals surface area (Å²) in [6, 6.07) is 3.77. The fourth-order valence-electron chi connectivity index (χ4n) is 1.98. The van der Waals surface area contributed by atoms with Gasteiger partial charge in [-0.1, -0.05) is 6.42 Å². The standard InChI is InChI=1S/C12H18N2O/c1-9-7-8-11(13)12(14-9)15-10-5-3-2-4-6-10/h7-8,10H,2-6,13H2,1H3. The van der Waals surface area contributed by atoms with Gasteiger partial charge in [0.15, 0.2) is 0 Å². The Kier molecular flexibility index (Phi) is 3.09. The first-order valence-electron chi connectivity index (χ1n) is 5.65. The van der Waals surface area contributed by atoms with Crippen LogP contribution in [0.1, 0.15) is 37.8 Å². The molecule has 0 bridgehead atoms. The van der Waals surface area contributed by atoms with Gasteiger partial charge in [0.2, 0.25) is 5.88 Å². The van der Waals surface area contributed by atoms with E-state index in [2.05, 4.69) is 4.98 Å². The molecule has 82 valence electrons. The molecule has 1 aromatic rings. The zero-order chi connectivity index (χ0) is 10.7. The summed E-state index contributed by atoms with van der Waals surface area (Å²) in [6.45, 7) is 1.95. The number of rotatable bonds is 2. The van der Waals surface area contributed by atoms with Crippen molar-refractivity contribution in [3.05, 3.63) is 17.8 Å². The molecule has 0 aliphatic heterocycles. The second-order valence-corrected chi connectivity index (χ2v) is 4.22. The van der Waals surface area contributed by atoms with Crippen LogP contribution < -0.4 is 10.5 Å². The van der Waals surface area contributed by atoms with Crippen molar-refractivity contribution >= 4 is 5.69 Å². The Morgan fingerprint density at radius 3 is 2.73 bits per heavy atom. The van der Waals surface area contributed by atoms with Gasteiger partial charge in [-0.3, -0.25) is 0 Å². The fourth-order valence-corrected chi connectivity index (χ4v) is 1.98. The molecule has 0 saturated heterocycles. The van der Waals surface area contributed by atoms with E-state index in [4.69, 9.17) is 10.5 Å². The number of aromatic nitrogens is 1. The van der Waals surface area contributed by atoms with Crippen LogP contribution in [0.25, 0.3) is 0 Å². The van der Waals surface area contributed by atoms with Crippen molar-refractivity contribution in [3.8, 4) is 5.88 Å². The van der Waals surface area contributed by atoms with Crippen LogP contribution in [0.2, 0.25) is 0 Å². The minimum absolute atomic E-state index is 0.315. The maximum absolute atomic E-state index is 5.83. The summed E-state index contributed by atoms with van der Waals surface area (Å²) >= 11 is 0. The van der Waals surface area contributed by atoms with Gasteiger partial charge < -0.3 is 10.5 Å². The molecule has 0 aromatic carbocycles. The van der Waals surface area contributed by atoms with Crippen LogP contribution in [-0.2, 0) is 0 Å². The summed E-state index contributed by atoms with van der Waals surface area (Å²) in [7, 11) is 0.